The maximum atomic E-state index is 11.0. The molecule has 0 bridgehead atoms. The van der Waals surface area contributed by atoms with Crippen LogP contribution in [0, 0.1) is 0 Å². The fraction of sp³-hybridized carbons (Fsp3) is 0.133. The molecule has 1 aromatic carbocycles. The Kier molecular flexibility index (Phi) is 3.06. The van der Waals surface area contributed by atoms with E-state index in [-0.39, 0.29) is 5.69 Å². The van der Waals surface area contributed by atoms with Gasteiger partial charge in [-0.05, 0) is 29.7 Å². The lowest BCUT2D eigenvalue weighted by molar-refractivity contribution is 0.0689. The highest BCUT2D eigenvalue weighted by atomic mass is 16.5. The number of aryl methyl sites for hydroxylation is 1. The van der Waals surface area contributed by atoms with Crippen LogP contribution in [0.2, 0.25) is 0 Å². The molecule has 0 unspecified atom stereocenters. The summed E-state index contributed by atoms with van der Waals surface area (Å²) in [6.45, 7) is 0. The van der Waals surface area contributed by atoms with Crippen LogP contribution >= 0.6 is 0 Å². The smallest absolute Gasteiger partial charge is 0.356 e. The van der Waals surface area contributed by atoms with Gasteiger partial charge in [-0.25, -0.2) is 9.78 Å². The van der Waals surface area contributed by atoms with Gasteiger partial charge in [-0.15, -0.1) is 0 Å². The molecular formula is C15H13N3O3. The molecule has 0 aliphatic rings. The number of pyridine rings is 1. The highest BCUT2D eigenvalue weighted by Gasteiger charge is 2.13. The second-order valence-electron chi connectivity index (χ2n) is 4.60. The largest absolute Gasteiger partial charge is 0.481 e. The fourth-order valence-electron chi connectivity index (χ4n) is 2.31. The molecular weight excluding hydrogens is 270 g/mol. The van der Waals surface area contributed by atoms with Crippen LogP contribution in [0.15, 0.2) is 36.5 Å². The van der Waals surface area contributed by atoms with E-state index in [1.165, 1.54) is 0 Å². The summed E-state index contributed by atoms with van der Waals surface area (Å²) < 4.78 is 6.78. The molecule has 0 saturated heterocycles. The predicted octanol–water partition coefficient (Wildman–Crippen LogP) is 2.34. The first-order chi connectivity index (χ1) is 10.1. The minimum absolute atomic E-state index is 0.0277. The van der Waals surface area contributed by atoms with Crippen LogP contribution in [-0.2, 0) is 7.05 Å². The first-order valence-corrected chi connectivity index (χ1v) is 6.30. The molecule has 0 spiro atoms. The van der Waals surface area contributed by atoms with Crippen molar-refractivity contribution in [2.75, 3.05) is 7.11 Å². The zero-order chi connectivity index (χ0) is 15.0. The second kappa shape index (κ2) is 4.90. The molecule has 0 amide bonds. The number of carboxylic acids is 1. The van der Waals surface area contributed by atoms with Crippen molar-refractivity contribution in [2.24, 2.45) is 7.05 Å². The number of ether oxygens (including phenoxy) is 1. The molecule has 0 aliphatic heterocycles. The number of fused-ring (bicyclic) bond motifs is 1. The quantitative estimate of drug-likeness (QED) is 0.798. The average Bonchev–Trinajstić information content (AvgIpc) is 2.88. The number of nitrogens with zero attached hydrogens (tertiary/aromatic N) is 3. The van der Waals surface area contributed by atoms with Crippen molar-refractivity contribution in [1.29, 1.82) is 0 Å². The number of aromatic carboxylic acids is 1. The molecule has 2 aromatic heterocycles. The van der Waals surface area contributed by atoms with E-state index in [2.05, 4.69) is 10.1 Å². The van der Waals surface area contributed by atoms with E-state index >= 15 is 0 Å². The maximum absolute atomic E-state index is 11.0. The second-order valence-corrected chi connectivity index (χ2v) is 4.60. The molecule has 2 heterocycles. The van der Waals surface area contributed by atoms with Crippen LogP contribution in [0.1, 0.15) is 10.5 Å². The zero-order valence-corrected chi connectivity index (χ0v) is 11.6. The Bertz CT molecular complexity index is 839. The molecule has 3 rings (SSSR count). The van der Waals surface area contributed by atoms with E-state index in [0.717, 1.165) is 22.0 Å². The van der Waals surface area contributed by atoms with Crippen LogP contribution in [0.5, 0.6) is 5.88 Å². The van der Waals surface area contributed by atoms with Gasteiger partial charge in [-0.1, -0.05) is 6.07 Å². The Morgan fingerprint density at radius 3 is 2.76 bits per heavy atom. The molecule has 0 saturated carbocycles. The van der Waals surface area contributed by atoms with Crippen molar-refractivity contribution in [3.63, 3.8) is 0 Å². The summed E-state index contributed by atoms with van der Waals surface area (Å²) in [6.07, 6.45) is 1.68. The number of aromatic nitrogens is 3. The van der Waals surface area contributed by atoms with Gasteiger partial charge in [0.1, 0.15) is 0 Å². The molecule has 0 radical (unpaired) electrons. The normalized spacial score (nSPS) is 10.8. The summed E-state index contributed by atoms with van der Waals surface area (Å²) in [7, 11) is 3.30. The van der Waals surface area contributed by atoms with E-state index < -0.39 is 5.97 Å². The van der Waals surface area contributed by atoms with Crippen molar-refractivity contribution in [1.82, 2.24) is 14.8 Å². The van der Waals surface area contributed by atoms with Crippen molar-refractivity contribution in [3.05, 3.63) is 42.2 Å². The summed E-state index contributed by atoms with van der Waals surface area (Å²) in [5.74, 6) is -0.473. The number of rotatable bonds is 3. The van der Waals surface area contributed by atoms with E-state index in [1.807, 2.05) is 24.3 Å². The first kappa shape index (κ1) is 13.1. The predicted molar refractivity (Wildman–Crippen MR) is 77.5 cm³/mol. The SMILES string of the molecule is COc1nccc2cc(-c3cc(C(=O)O)nn3C)ccc12. The van der Waals surface area contributed by atoms with Gasteiger partial charge in [-0.3, -0.25) is 4.68 Å². The van der Waals surface area contributed by atoms with Crippen LogP contribution in [0.25, 0.3) is 22.0 Å². The molecule has 3 aromatic rings. The molecule has 1 N–H and O–H groups in total. The lowest BCUT2D eigenvalue weighted by Crippen LogP contribution is -1.99. The first-order valence-electron chi connectivity index (χ1n) is 6.30. The average molecular weight is 283 g/mol. The van der Waals surface area contributed by atoms with Gasteiger partial charge in [0.2, 0.25) is 5.88 Å². The summed E-state index contributed by atoms with van der Waals surface area (Å²) >= 11 is 0. The minimum Gasteiger partial charge on any atom is -0.481 e. The Labute approximate surface area is 120 Å². The number of carbonyl (C=O) groups is 1. The monoisotopic (exact) mass is 283 g/mol. The lowest BCUT2D eigenvalue weighted by Gasteiger charge is -2.06. The highest BCUT2D eigenvalue weighted by Crippen LogP contribution is 2.28. The highest BCUT2D eigenvalue weighted by molar-refractivity contribution is 5.91. The molecule has 0 atom stereocenters. The number of hydrogen-bond acceptors (Lipinski definition) is 4. The van der Waals surface area contributed by atoms with Gasteiger partial charge in [0.05, 0.1) is 12.8 Å². The van der Waals surface area contributed by atoms with Crippen molar-refractivity contribution < 1.29 is 14.6 Å². The standard InChI is InChI=1S/C15H13N3O3/c1-18-13(8-12(17-18)15(19)20)10-3-4-11-9(7-10)5-6-16-14(11)21-2/h3-8H,1-2H3,(H,19,20). The third kappa shape index (κ3) is 2.20. The molecule has 106 valence electrons. The molecule has 6 nitrogen and oxygen atoms in total. The van der Waals surface area contributed by atoms with Gasteiger partial charge in [0.25, 0.3) is 0 Å². The maximum Gasteiger partial charge on any atom is 0.356 e. The Morgan fingerprint density at radius 2 is 2.10 bits per heavy atom. The van der Waals surface area contributed by atoms with E-state index in [4.69, 9.17) is 9.84 Å². The molecule has 0 fully saturated rings. The number of hydrogen-bond donors (Lipinski definition) is 1. The van der Waals surface area contributed by atoms with Gasteiger partial charge in [-0.2, -0.15) is 5.10 Å². The van der Waals surface area contributed by atoms with Gasteiger partial charge in [0.15, 0.2) is 5.69 Å². The van der Waals surface area contributed by atoms with E-state index in [9.17, 15) is 4.79 Å². The summed E-state index contributed by atoms with van der Waals surface area (Å²) in [5, 5.41) is 14.9. The zero-order valence-electron chi connectivity index (χ0n) is 11.6. The van der Waals surface area contributed by atoms with Gasteiger partial charge >= 0.3 is 5.97 Å². The number of benzene rings is 1. The van der Waals surface area contributed by atoms with Gasteiger partial charge < -0.3 is 9.84 Å². The Hall–Kier alpha value is -2.89. The van der Waals surface area contributed by atoms with Crippen LogP contribution in [0.3, 0.4) is 0 Å². The van der Waals surface area contributed by atoms with Crippen LogP contribution in [-0.4, -0.2) is 33.0 Å². The summed E-state index contributed by atoms with van der Waals surface area (Å²) in [6, 6.07) is 9.21. The van der Waals surface area contributed by atoms with Crippen LogP contribution < -0.4 is 4.74 Å². The van der Waals surface area contributed by atoms with Gasteiger partial charge in [0, 0.05) is 24.2 Å². The lowest BCUT2D eigenvalue weighted by atomic mass is 10.1. The molecule has 21 heavy (non-hydrogen) atoms. The minimum atomic E-state index is -1.04. The Balaban J connectivity index is 2.15. The summed E-state index contributed by atoms with van der Waals surface area (Å²) in [5.41, 5.74) is 1.66. The third-order valence-electron chi connectivity index (χ3n) is 3.32. The van der Waals surface area contributed by atoms with E-state index in [0.29, 0.717) is 5.88 Å². The summed E-state index contributed by atoms with van der Waals surface area (Å²) in [4.78, 5) is 15.1. The third-order valence-corrected chi connectivity index (χ3v) is 3.32. The van der Waals surface area contributed by atoms with E-state index in [1.54, 1.807) is 31.1 Å². The Morgan fingerprint density at radius 1 is 1.29 bits per heavy atom. The number of methoxy groups -OCH3 is 1. The molecule has 6 heteroatoms. The van der Waals surface area contributed by atoms with Crippen molar-refractivity contribution in [2.45, 2.75) is 0 Å². The van der Waals surface area contributed by atoms with Crippen molar-refractivity contribution >= 4 is 16.7 Å². The number of carboxylic acid groups (broad SMARTS) is 1. The topological polar surface area (TPSA) is 77.2 Å². The van der Waals surface area contributed by atoms with Crippen LogP contribution in [0.4, 0.5) is 0 Å². The fourth-order valence-corrected chi connectivity index (χ4v) is 2.31. The van der Waals surface area contributed by atoms with Crippen molar-refractivity contribution in [3.8, 4) is 17.1 Å². The molecule has 0 aliphatic carbocycles.